The van der Waals surface area contributed by atoms with Gasteiger partial charge in [-0.2, -0.15) is 0 Å². The highest BCUT2D eigenvalue weighted by molar-refractivity contribution is 9.10. The topological polar surface area (TPSA) is 42.8 Å². The van der Waals surface area contributed by atoms with Crippen LogP contribution in [0.4, 0.5) is 0 Å². The molecule has 3 rings (SSSR count). The van der Waals surface area contributed by atoms with Gasteiger partial charge < -0.3 is 15.0 Å². The number of benzene rings is 2. The third kappa shape index (κ3) is 4.83. The number of amides is 1. The molecule has 25 heavy (non-hydrogen) atoms. The fourth-order valence-electron chi connectivity index (χ4n) is 3.21. The minimum Gasteiger partial charge on any atom is -0.496 e. The summed E-state index contributed by atoms with van der Waals surface area (Å²) in [5, 5.41) is 2.97. The van der Waals surface area contributed by atoms with Gasteiger partial charge in [-0.1, -0.05) is 24.3 Å². The van der Waals surface area contributed by atoms with Crippen LogP contribution in [-0.2, 0) is 13.1 Å². The van der Waals surface area contributed by atoms with Crippen LogP contribution in [0.2, 0.25) is 0 Å². The highest BCUT2D eigenvalue weighted by Crippen LogP contribution is 2.25. The number of methoxy groups -OCH3 is 1. The number of rotatable bonds is 6. The molecule has 132 valence electrons. The molecule has 0 bridgehead atoms. The van der Waals surface area contributed by atoms with Crippen molar-refractivity contribution in [3.63, 3.8) is 0 Å². The maximum absolute atomic E-state index is 12.3. The molecule has 1 amide bonds. The van der Waals surface area contributed by atoms with Crippen molar-refractivity contribution < 1.29 is 14.4 Å². The quantitative estimate of drug-likeness (QED) is 0.778. The number of carbonyl (C=O) groups excluding carboxylic acids is 1. The van der Waals surface area contributed by atoms with Gasteiger partial charge in [0.25, 0.3) is 5.91 Å². The number of likely N-dealkylation sites (tertiary alicyclic amines) is 1. The monoisotopic (exact) mass is 403 g/mol. The summed E-state index contributed by atoms with van der Waals surface area (Å²) in [7, 11) is 1.61. The molecule has 0 saturated carbocycles. The molecule has 4 nitrogen and oxygen atoms in total. The van der Waals surface area contributed by atoms with E-state index in [1.165, 1.54) is 31.5 Å². The minimum absolute atomic E-state index is 0.0889. The smallest absolute Gasteiger partial charge is 0.251 e. The Bertz CT molecular complexity index is 725. The van der Waals surface area contributed by atoms with Gasteiger partial charge in [0, 0.05) is 30.5 Å². The van der Waals surface area contributed by atoms with E-state index in [-0.39, 0.29) is 5.91 Å². The molecule has 0 atom stereocenters. The molecule has 1 heterocycles. The summed E-state index contributed by atoms with van der Waals surface area (Å²) in [6, 6.07) is 13.9. The molecule has 2 aromatic rings. The number of nitrogens with one attached hydrogen (secondary N) is 2. The highest BCUT2D eigenvalue weighted by atomic mass is 79.9. The number of ether oxygens (including phenoxy) is 1. The molecule has 5 heteroatoms. The van der Waals surface area contributed by atoms with Gasteiger partial charge >= 0.3 is 0 Å². The maximum atomic E-state index is 12.3. The van der Waals surface area contributed by atoms with Gasteiger partial charge in [-0.15, -0.1) is 0 Å². The number of quaternary nitrogens is 1. The lowest BCUT2D eigenvalue weighted by molar-refractivity contribution is -0.901. The first-order valence-corrected chi connectivity index (χ1v) is 9.48. The fraction of sp³-hybridized carbons (Fsp3) is 0.350. The van der Waals surface area contributed by atoms with Crippen molar-refractivity contribution in [1.82, 2.24) is 5.32 Å². The van der Waals surface area contributed by atoms with Gasteiger partial charge in [-0.3, -0.25) is 4.79 Å². The summed E-state index contributed by atoms with van der Waals surface area (Å²) in [5.41, 5.74) is 3.09. The van der Waals surface area contributed by atoms with Crippen molar-refractivity contribution in [2.75, 3.05) is 20.2 Å². The normalized spacial score (nSPS) is 14.5. The van der Waals surface area contributed by atoms with Crippen molar-refractivity contribution in [3.05, 3.63) is 63.6 Å². The molecular formula is C20H24BrN2O2+. The molecule has 1 aliphatic rings. The van der Waals surface area contributed by atoms with Crippen LogP contribution >= 0.6 is 15.9 Å². The van der Waals surface area contributed by atoms with Crippen molar-refractivity contribution in [2.24, 2.45) is 0 Å². The summed E-state index contributed by atoms with van der Waals surface area (Å²) in [6.07, 6.45) is 2.70. The minimum atomic E-state index is -0.0889. The molecule has 1 saturated heterocycles. The molecule has 2 N–H and O–H groups in total. The predicted octanol–water partition coefficient (Wildman–Crippen LogP) is 2.57. The fourth-order valence-corrected chi connectivity index (χ4v) is 3.75. The first-order valence-electron chi connectivity index (χ1n) is 8.69. The van der Waals surface area contributed by atoms with E-state index in [0.29, 0.717) is 17.9 Å². The van der Waals surface area contributed by atoms with Gasteiger partial charge in [0.2, 0.25) is 0 Å². The van der Waals surface area contributed by atoms with E-state index >= 15 is 0 Å². The maximum Gasteiger partial charge on any atom is 0.251 e. The van der Waals surface area contributed by atoms with E-state index in [4.69, 9.17) is 4.74 Å². The Kier molecular flexibility index (Phi) is 6.10. The molecule has 0 unspecified atom stereocenters. The Labute approximate surface area is 157 Å². The third-order valence-corrected chi connectivity index (χ3v) is 5.27. The first-order chi connectivity index (χ1) is 12.2. The zero-order chi connectivity index (χ0) is 17.6. The van der Waals surface area contributed by atoms with E-state index < -0.39 is 0 Å². The second-order valence-electron chi connectivity index (χ2n) is 6.48. The van der Waals surface area contributed by atoms with Crippen molar-refractivity contribution in [1.29, 1.82) is 0 Å². The molecule has 0 radical (unpaired) electrons. The summed E-state index contributed by atoms with van der Waals surface area (Å²) in [6.45, 7) is 4.20. The van der Waals surface area contributed by atoms with Crippen LogP contribution in [0.25, 0.3) is 0 Å². The number of hydrogen-bond acceptors (Lipinski definition) is 2. The van der Waals surface area contributed by atoms with Gasteiger partial charge in [0.05, 0.1) is 24.7 Å². The van der Waals surface area contributed by atoms with Crippen LogP contribution in [0.5, 0.6) is 5.75 Å². The summed E-state index contributed by atoms with van der Waals surface area (Å²) in [5.74, 6) is 0.626. The van der Waals surface area contributed by atoms with Gasteiger partial charge in [0.15, 0.2) is 0 Å². The molecule has 0 aliphatic carbocycles. The average molecular weight is 404 g/mol. The predicted molar refractivity (Wildman–Crippen MR) is 102 cm³/mol. The highest BCUT2D eigenvalue weighted by Gasteiger charge is 2.15. The number of carbonyl (C=O) groups is 1. The number of halogens is 1. The van der Waals surface area contributed by atoms with Crippen molar-refractivity contribution in [2.45, 2.75) is 25.9 Å². The van der Waals surface area contributed by atoms with E-state index in [2.05, 4.69) is 45.5 Å². The summed E-state index contributed by atoms with van der Waals surface area (Å²) < 4.78 is 5.96. The van der Waals surface area contributed by atoms with Crippen LogP contribution in [0.3, 0.4) is 0 Å². The largest absolute Gasteiger partial charge is 0.496 e. The Morgan fingerprint density at radius 2 is 1.80 bits per heavy atom. The second-order valence-corrected chi connectivity index (χ2v) is 7.34. The SMILES string of the molecule is COc1ccc(C(=O)NCc2ccc(C[NH+]3CCCC3)cc2)cc1Br. The van der Waals surface area contributed by atoms with Crippen LogP contribution in [-0.4, -0.2) is 26.1 Å². The van der Waals surface area contributed by atoms with E-state index in [9.17, 15) is 4.79 Å². The van der Waals surface area contributed by atoms with Crippen LogP contribution in [0.1, 0.15) is 34.3 Å². The van der Waals surface area contributed by atoms with Crippen LogP contribution in [0, 0.1) is 0 Å². The first kappa shape index (κ1) is 18.0. The second kappa shape index (κ2) is 8.50. The molecule has 0 spiro atoms. The van der Waals surface area contributed by atoms with Gasteiger partial charge in [0.1, 0.15) is 12.3 Å². The lowest BCUT2D eigenvalue weighted by atomic mass is 10.1. The van der Waals surface area contributed by atoms with E-state index in [0.717, 1.165) is 16.6 Å². The number of hydrogen-bond donors (Lipinski definition) is 2. The molecule has 1 fully saturated rings. The molecular weight excluding hydrogens is 380 g/mol. The van der Waals surface area contributed by atoms with Crippen molar-refractivity contribution in [3.8, 4) is 5.75 Å². The van der Waals surface area contributed by atoms with E-state index in [1.54, 1.807) is 30.2 Å². The lowest BCUT2D eigenvalue weighted by Crippen LogP contribution is -3.08. The Balaban J connectivity index is 1.53. The zero-order valence-electron chi connectivity index (χ0n) is 14.5. The summed E-state index contributed by atoms with van der Waals surface area (Å²) >= 11 is 3.41. The van der Waals surface area contributed by atoms with Gasteiger partial charge in [-0.25, -0.2) is 0 Å². The average Bonchev–Trinajstić information content (AvgIpc) is 3.14. The van der Waals surface area contributed by atoms with Gasteiger partial charge in [-0.05, 0) is 39.7 Å². The standard InChI is InChI=1S/C20H23BrN2O2/c1-25-19-9-8-17(12-18(19)21)20(24)22-13-15-4-6-16(7-5-15)14-23-10-2-3-11-23/h4-9,12H,2-3,10-11,13-14H2,1H3,(H,22,24)/p+1. The lowest BCUT2D eigenvalue weighted by Gasteiger charge is -2.12. The van der Waals surface area contributed by atoms with Crippen LogP contribution < -0.4 is 15.0 Å². The summed E-state index contributed by atoms with van der Waals surface area (Å²) in [4.78, 5) is 14.0. The molecule has 1 aliphatic heterocycles. The van der Waals surface area contributed by atoms with Crippen molar-refractivity contribution >= 4 is 21.8 Å². The Morgan fingerprint density at radius 3 is 2.44 bits per heavy atom. The zero-order valence-corrected chi connectivity index (χ0v) is 16.1. The molecule has 2 aromatic carbocycles. The van der Waals surface area contributed by atoms with Crippen LogP contribution in [0.15, 0.2) is 46.9 Å². The Hall–Kier alpha value is -1.85. The third-order valence-electron chi connectivity index (χ3n) is 4.65. The molecule has 0 aromatic heterocycles. The Morgan fingerprint density at radius 1 is 1.12 bits per heavy atom. The van der Waals surface area contributed by atoms with E-state index in [1.807, 2.05) is 0 Å².